The summed E-state index contributed by atoms with van der Waals surface area (Å²) in [5.74, 6) is 2.90. The van der Waals surface area contributed by atoms with Gasteiger partial charge in [0.15, 0.2) is 5.58 Å². The van der Waals surface area contributed by atoms with Gasteiger partial charge < -0.3 is 33.5 Å². The van der Waals surface area contributed by atoms with Crippen molar-refractivity contribution in [3.05, 3.63) is 447 Å². The second-order valence-electron chi connectivity index (χ2n) is 32.3. The Balaban J connectivity index is 0.000000145. The first kappa shape index (κ1) is 74.3. The van der Waals surface area contributed by atoms with E-state index in [1.165, 1.54) is 5.39 Å². The molecule has 0 bridgehead atoms. The van der Waals surface area contributed by atoms with Gasteiger partial charge in [-0.2, -0.15) is 5.26 Å². The SMILES string of the molecule is Cc1cc(C#N)cc(C)c1N(c1ccccc1)c1ccc2c(c1)Oc1cccc3c1c-2cc1c2ccccc2c(N(c2ccccc2)c2cccc4c2oc2ccccc24)cc31.Fc1cc(-c2ccccc2)cc(-c2ccccc2)c1N(c1ccccc1)c1cc2c3cccc4c3c(cc2c2ccccc12)-c1ccc(N(c2ccccc2)c2ccccc2)cc1O4. The second kappa shape index (κ2) is 30.7. The Hall–Kier alpha value is -16.8. The molecule has 0 fully saturated rings. The summed E-state index contributed by atoms with van der Waals surface area (Å²) < 4.78 is 38.1. The van der Waals surface area contributed by atoms with Crippen LogP contribution >= 0.6 is 0 Å². The standard InChI is InChI=1S/C60H39FN2O.C57H37N3O2/c61-55-36-42(40-19-6-1-7-20-40)35-51(41-21-8-2-9-22-41)60(55)63(45-27-14-5-15-28-45)56-39-53-50-31-18-32-57-59(50)54(38-52(53)47-29-16-17-30-48(47)56)49-34-33-46(37-58(49)64-57)62(43-23-10-3-11-24-43)44-25-12-4-13-26-44;1-35-29-37(34-58)30-36(2)56(35)59(38-15-5-3-6-16-38)40-27-28-44-49-32-47-41-19-9-10-20-42(41)51(33-48(47)45-22-14-26-53(55(45)49)61-54(44)31-40)60(39-17-7-4-8-18-39)50-24-13-23-46-43-21-11-12-25-52(43)62-57(46)50/h1-39H;3-33H,1-2H3. The summed E-state index contributed by atoms with van der Waals surface area (Å²) in [4.78, 5) is 8.99. The number of furan rings is 1. The number of nitriles is 1. The summed E-state index contributed by atoms with van der Waals surface area (Å²) in [6, 6.07) is 149. The van der Waals surface area contributed by atoms with Gasteiger partial charge in [0.05, 0.1) is 40.1 Å². The Labute approximate surface area is 727 Å². The molecule has 0 atom stereocenters. The van der Waals surface area contributed by atoms with Crippen molar-refractivity contribution in [3.8, 4) is 73.6 Å². The molecule has 0 saturated heterocycles. The molecule has 0 spiro atoms. The van der Waals surface area contributed by atoms with Crippen LogP contribution in [0.1, 0.15) is 16.7 Å². The lowest BCUT2D eigenvalue weighted by molar-refractivity contribution is 0.487. The zero-order valence-corrected chi connectivity index (χ0v) is 68.8. The summed E-state index contributed by atoms with van der Waals surface area (Å²) in [5.41, 5.74) is 23.7. The number of hydrogen-bond acceptors (Lipinski definition) is 8. The molecular formula is C117H76FN5O3. The third-order valence-electron chi connectivity index (χ3n) is 24.8. The van der Waals surface area contributed by atoms with Gasteiger partial charge in [-0.15, -0.1) is 0 Å². The van der Waals surface area contributed by atoms with Crippen molar-refractivity contribution >= 4 is 155 Å². The Morgan fingerprint density at radius 2 is 0.643 bits per heavy atom. The molecule has 2 aliphatic heterocycles. The van der Waals surface area contributed by atoms with E-state index in [2.05, 4.69) is 349 Å². The highest BCUT2D eigenvalue weighted by Crippen LogP contribution is 2.58. The molecule has 22 aromatic rings. The van der Waals surface area contributed by atoms with Crippen LogP contribution in [0, 0.1) is 31.0 Å². The van der Waals surface area contributed by atoms with E-state index in [0.29, 0.717) is 11.3 Å². The molecule has 3 heterocycles. The summed E-state index contributed by atoms with van der Waals surface area (Å²) in [6.07, 6.45) is 0. The van der Waals surface area contributed by atoms with Crippen LogP contribution in [0.15, 0.2) is 429 Å². The van der Waals surface area contributed by atoms with Gasteiger partial charge in [0.2, 0.25) is 0 Å². The first-order chi connectivity index (χ1) is 62.2. The summed E-state index contributed by atoms with van der Waals surface area (Å²) >= 11 is 0. The smallest absolute Gasteiger partial charge is 0.159 e. The van der Waals surface area contributed by atoms with E-state index in [1.807, 2.05) is 109 Å². The monoisotopic (exact) mass is 1620 g/mol. The fourth-order valence-corrected chi connectivity index (χ4v) is 19.4. The quantitative estimate of drug-likeness (QED) is 0.0998. The molecule has 0 amide bonds. The highest BCUT2D eigenvalue weighted by Gasteiger charge is 2.32. The molecule has 126 heavy (non-hydrogen) atoms. The maximum absolute atomic E-state index is 17.6. The van der Waals surface area contributed by atoms with E-state index in [4.69, 9.17) is 13.9 Å². The molecule has 0 radical (unpaired) electrons. The van der Waals surface area contributed by atoms with Crippen molar-refractivity contribution in [2.45, 2.75) is 13.8 Å². The average molecular weight is 1620 g/mol. The van der Waals surface area contributed by atoms with Gasteiger partial charge in [0.25, 0.3) is 0 Å². The Morgan fingerprint density at radius 3 is 1.15 bits per heavy atom. The number of fused-ring (bicyclic) bond motifs is 15. The predicted octanol–water partition coefficient (Wildman–Crippen LogP) is 33.6. The highest BCUT2D eigenvalue weighted by molar-refractivity contribution is 6.28. The van der Waals surface area contributed by atoms with Crippen LogP contribution < -0.4 is 29.1 Å². The van der Waals surface area contributed by atoms with Gasteiger partial charge in [-0.05, 0) is 254 Å². The Kier molecular flexibility index (Phi) is 18.1. The average Bonchev–Trinajstić information content (AvgIpc) is 0.737. The molecule has 2 aliphatic rings. The van der Waals surface area contributed by atoms with Crippen LogP contribution in [0.5, 0.6) is 23.0 Å². The van der Waals surface area contributed by atoms with Crippen molar-refractivity contribution in [2.24, 2.45) is 0 Å². The molecular weight excluding hydrogens is 1540 g/mol. The third-order valence-corrected chi connectivity index (χ3v) is 24.8. The van der Waals surface area contributed by atoms with Gasteiger partial charge in [0, 0.05) is 101 Å². The molecule has 0 unspecified atom stereocenters. The lowest BCUT2D eigenvalue weighted by Crippen LogP contribution is -2.14. The summed E-state index contributed by atoms with van der Waals surface area (Å²) in [7, 11) is 0. The molecule has 0 N–H and O–H groups in total. The minimum Gasteiger partial charge on any atom is -0.456 e. The number of hydrogen-bond donors (Lipinski definition) is 0. The summed E-state index contributed by atoms with van der Waals surface area (Å²) in [6.45, 7) is 4.15. The first-order valence-corrected chi connectivity index (χ1v) is 42.5. The van der Waals surface area contributed by atoms with E-state index in [-0.39, 0.29) is 5.82 Å². The highest BCUT2D eigenvalue weighted by atomic mass is 19.1. The van der Waals surface area contributed by atoms with Crippen molar-refractivity contribution in [3.63, 3.8) is 0 Å². The maximum Gasteiger partial charge on any atom is 0.159 e. The van der Waals surface area contributed by atoms with Gasteiger partial charge in [-0.25, -0.2) is 4.39 Å². The number of halogens is 1. The molecule has 0 aliphatic carbocycles. The third kappa shape index (κ3) is 12.6. The zero-order chi connectivity index (χ0) is 84.0. The van der Waals surface area contributed by atoms with Crippen molar-refractivity contribution in [1.82, 2.24) is 0 Å². The minimum atomic E-state index is -0.312. The molecule has 24 rings (SSSR count). The van der Waals surface area contributed by atoms with E-state index in [0.717, 1.165) is 222 Å². The zero-order valence-electron chi connectivity index (χ0n) is 68.8. The Bertz CT molecular complexity index is 8080. The van der Waals surface area contributed by atoms with Crippen LogP contribution in [0.2, 0.25) is 0 Å². The number of benzene rings is 21. The number of rotatable bonds is 14. The maximum atomic E-state index is 17.6. The van der Waals surface area contributed by atoms with E-state index in [1.54, 1.807) is 6.07 Å². The molecule has 9 heteroatoms. The van der Waals surface area contributed by atoms with Gasteiger partial charge in [0.1, 0.15) is 34.4 Å². The van der Waals surface area contributed by atoms with E-state index < -0.39 is 0 Å². The molecule has 1 aromatic heterocycles. The minimum absolute atomic E-state index is 0.312. The van der Waals surface area contributed by atoms with E-state index >= 15 is 4.39 Å². The van der Waals surface area contributed by atoms with Crippen LogP contribution in [-0.4, -0.2) is 0 Å². The largest absolute Gasteiger partial charge is 0.456 e. The van der Waals surface area contributed by atoms with Gasteiger partial charge >= 0.3 is 0 Å². The number of nitrogens with zero attached hydrogens (tertiary/aromatic N) is 5. The van der Waals surface area contributed by atoms with Crippen molar-refractivity contribution in [1.29, 1.82) is 5.26 Å². The lowest BCUT2D eigenvalue weighted by Gasteiger charge is -2.31. The fourth-order valence-electron chi connectivity index (χ4n) is 19.4. The normalized spacial score (nSPS) is 11.7. The van der Waals surface area contributed by atoms with Crippen molar-refractivity contribution < 1.29 is 18.3 Å². The molecule has 594 valence electrons. The molecule has 21 aromatic carbocycles. The van der Waals surface area contributed by atoms with Gasteiger partial charge in [-0.3, -0.25) is 0 Å². The number of aryl methyl sites for hydroxylation is 2. The van der Waals surface area contributed by atoms with Crippen LogP contribution in [0.25, 0.3) is 131 Å². The fraction of sp³-hybridized carbons (Fsp3) is 0.0171. The number of anilines is 12. The number of ether oxygens (including phenoxy) is 2. The Morgan fingerprint density at radius 1 is 0.246 bits per heavy atom. The van der Waals surface area contributed by atoms with Crippen LogP contribution in [0.3, 0.4) is 0 Å². The summed E-state index contributed by atoms with van der Waals surface area (Å²) in [5, 5.41) is 25.1. The predicted molar refractivity (Wildman–Crippen MR) is 520 cm³/mol. The topological polar surface area (TPSA) is 68.4 Å². The lowest BCUT2D eigenvalue weighted by atomic mass is 9.88. The molecule has 0 saturated carbocycles. The first-order valence-electron chi connectivity index (χ1n) is 42.5. The van der Waals surface area contributed by atoms with Crippen molar-refractivity contribution in [2.75, 3.05) is 19.6 Å². The second-order valence-corrected chi connectivity index (χ2v) is 32.3. The van der Waals surface area contributed by atoms with E-state index in [9.17, 15) is 5.26 Å². The molecule has 8 nitrogen and oxygen atoms in total. The number of para-hydroxylation sites is 7. The van der Waals surface area contributed by atoms with Crippen LogP contribution in [0.4, 0.5) is 72.6 Å². The van der Waals surface area contributed by atoms with Gasteiger partial charge in [-0.1, -0.05) is 255 Å². The van der Waals surface area contributed by atoms with Crippen LogP contribution in [-0.2, 0) is 0 Å².